The van der Waals surface area contributed by atoms with Crippen molar-refractivity contribution in [2.24, 2.45) is 11.8 Å². The number of hydrogen-bond donors (Lipinski definition) is 2. The van der Waals surface area contributed by atoms with Gasteiger partial charge in [-0.2, -0.15) is 0 Å². The highest BCUT2D eigenvalue weighted by atomic mass is 16.2. The van der Waals surface area contributed by atoms with Gasteiger partial charge in [0.25, 0.3) is 0 Å². The first-order valence-corrected chi connectivity index (χ1v) is 17.6. The molecule has 1 aliphatic heterocycles. The average molecular weight is 591 g/mol. The van der Waals surface area contributed by atoms with Gasteiger partial charge in [-0.05, 0) is 70.8 Å². The molecule has 244 valence electrons. The Balaban J connectivity index is 2.81. The van der Waals surface area contributed by atoms with Gasteiger partial charge in [0, 0.05) is 57.0 Å². The molecule has 0 aliphatic carbocycles. The van der Waals surface area contributed by atoms with E-state index in [0.29, 0.717) is 19.5 Å². The highest BCUT2D eigenvalue weighted by molar-refractivity contribution is 5.79. The summed E-state index contributed by atoms with van der Waals surface area (Å²) in [4.78, 5) is 43.0. The Hall–Kier alpha value is -1.89. The van der Waals surface area contributed by atoms with Gasteiger partial charge >= 0.3 is 0 Å². The Bertz CT molecular complexity index is 757. The number of carbonyl (C=O) groups is 3. The van der Waals surface area contributed by atoms with Crippen molar-refractivity contribution in [1.29, 1.82) is 0 Å². The van der Waals surface area contributed by atoms with Gasteiger partial charge < -0.3 is 20.4 Å². The molecule has 0 spiro atoms. The van der Waals surface area contributed by atoms with Crippen molar-refractivity contribution in [3.05, 3.63) is 12.2 Å². The van der Waals surface area contributed by atoms with Gasteiger partial charge in [0.1, 0.15) is 0 Å². The van der Waals surface area contributed by atoms with E-state index in [1.165, 1.54) is 38.5 Å². The number of allylic oxidation sites excluding steroid dienone is 1. The smallest absolute Gasteiger partial charge is 0.225 e. The van der Waals surface area contributed by atoms with E-state index in [0.717, 1.165) is 84.0 Å². The van der Waals surface area contributed by atoms with Crippen LogP contribution in [-0.4, -0.2) is 72.8 Å². The van der Waals surface area contributed by atoms with E-state index in [-0.39, 0.29) is 35.6 Å². The third kappa shape index (κ3) is 17.3. The van der Waals surface area contributed by atoms with Crippen molar-refractivity contribution < 1.29 is 14.4 Å². The molecule has 0 aromatic heterocycles. The first-order chi connectivity index (χ1) is 20.3. The number of unbranched alkanes of at least 4 members (excludes halogenated alkanes) is 6. The molecule has 3 atom stereocenters. The number of nitrogens with zero attached hydrogens (tertiary/aromatic N) is 2. The molecule has 0 saturated carbocycles. The van der Waals surface area contributed by atoms with Crippen LogP contribution in [0.25, 0.3) is 0 Å². The second-order valence-electron chi connectivity index (χ2n) is 12.5. The predicted octanol–water partition coefficient (Wildman–Crippen LogP) is 6.86. The van der Waals surface area contributed by atoms with Gasteiger partial charge in [0.2, 0.25) is 17.7 Å². The molecule has 1 unspecified atom stereocenters. The van der Waals surface area contributed by atoms with E-state index in [1.54, 1.807) is 0 Å². The fourth-order valence-electron chi connectivity index (χ4n) is 5.45. The molecule has 42 heavy (non-hydrogen) atoms. The zero-order valence-electron chi connectivity index (χ0n) is 28.1. The Morgan fingerprint density at radius 2 is 1.31 bits per heavy atom. The number of rotatable bonds is 13. The summed E-state index contributed by atoms with van der Waals surface area (Å²) in [5.41, 5.74) is 0. The molecule has 2 N–H and O–H groups in total. The van der Waals surface area contributed by atoms with E-state index in [2.05, 4.69) is 43.6 Å². The van der Waals surface area contributed by atoms with Crippen LogP contribution in [0.4, 0.5) is 0 Å². The minimum Gasteiger partial charge on any atom is -0.356 e. The van der Waals surface area contributed by atoms with Crippen LogP contribution in [0.2, 0.25) is 0 Å². The van der Waals surface area contributed by atoms with Crippen molar-refractivity contribution in [1.82, 2.24) is 20.4 Å². The maximum absolute atomic E-state index is 13.1. The second-order valence-corrected chi connectivity index (χ2v) is 12.5. The van der Waals surface area contributed by atoms with Gasteiger partial charge in [-0.15, -0.1) is 0 Å². The lowest BCUT2D eigenvalue weighted by Crippen LogP contribution is -2.41. The van der Waals surface area contributed by atoms with E-state index >= 15 is 0 Å². The first-order valence-electron chi connectivity index (χ1n) is 17.6. The van der Waals surface area contributed by atoms with Gasteiger partial charge in [0.05, 0.1) is 0 Å². The number of amides is 3. The molecule has 0 aromatic rings. The van der Waals surface area contributed by atoms with Gasteiger partial charge in [-0.25, -0.2) is 0 Å². The van der Waals surface area contributed by atoms with Crippen LogP contribution in [0.1, 0.15) is 137 Å². The van der Waals surface area contributed by atoms with Crippen LogP contribution < -0.4 is 10.6 Å². The van der Waals surface area contributed by atoms with E-state index in [9.17, 15) is 14.4 Å². The zero-order valence-corrected chi connectivity index (χ0v) is 28.1. The second kappa shape index (κ2) is 24.5. The summed E-state index contributed by atoms with van der Waals surface area (Å²) in [6.07, 6.45) is 20.9. The SMILES string of the molecule is CCCCCCCC/C=C\CC1CC(=O)NCCCN(C(=O)[C@@H](C)CC)CCCCCN(C(=O)[C@@H](C)CC)CCCN1. The lowest BCUT2D eigenvalue weighted by Gasteiger charge is -2.28. The lowest BCUT2D eigenvalue weighted by atomic mass is 10.1. The molecule has 0 bridgehead atoms. The average Bonchev–Trinajstić information content (AvgIpc) is 2.99. The van der Waals surface area contributed by atoms with Crippen LogP contribution in [0.3, 0.4) is 0 Å². The van der Waals surface area contributed by atoms with Crippen molar-refractivity contribution in [2.45, 2.75) is 143 Å². The number of nitrogens with one attached hydrogen (secondary N) is 2. The molecular weight excluding hydrogens is 524 g/mol. The summed E-state index contributed by atoms with van der Waals surface area (Å²) in [6.45, 7) is 14.7. The molecule has 1 heterocycles. The van der Waals surface area contributed by atoms with E-state index in [4.69, 9.17) is 0 Å². The molecule has 0 radical (unpaired) electrons. The number of hydrogen-bond acceptors (Lipinski definition) is 4. The Kier molecular flexibility index (Phi) is 22.3. The molecule has 7 heteroatoms. The molecule has 0 aromatic carbocycles. The number of carbonyl (C=O) groups excluding carboxylic acids is 3. The highest BCUT2D eigenvalue weighted by Crippen LogP contribution is 2.13. The van der Waals surface area contributed by atoms with Gasteiger partial charge in [0.15, 0.2) is 0 Å². The summed E-state index contributed by atoms with van der Waals surface area (Å²) in [6, 6.07) is 0.0758. The summed E-state index contributed by atoms with van der Waals surface area (Å²) >= 11 is 0. The van der Waals surface area contributed by atoms with Crippen LogP contribution in [0.15, 0.2) is 12.2 Å². The molecule has 1 saturated heterocycles. The first kappa shape index (κ1) is 38.1. The minimum absolute atomic E-state index is 0.0158. The van der Waals surface area contributed by atoms with Crippen molar-refractivity contribution >= 4 is 17.7 Å². The molecule has 3 amide bonds. The van der Waals surface area contributed by atoms with Crippen molar-refractivity contribution in [3.8, 4) is 0 Å². The summed E-state index contributed by atoms with van der Waals surface area (Å²) < 4.78 is 0. The Morgan fingerprint density at radius 3 is 1.90 bits per heavy atom. The topological polar surface area (TPSA) is 81.8 Å². The van der Waals surface area contributed by atoms with Crippen LogP contribution in [0.5, 0.6) is 0 Å². The lowest BCUT2D eigenvalue weighted by molar-refractivity contribution is -0.135. The standard InChI is InChI=1S/C35H66N4O3/c1-6-9-10-11-12-13-14-15-17-22-32-29-33(40)37-24-21-28-39(35(42)31(5)8-3)26-19-16-18-25-38(27-20-23-36-32)34(41)30(4)7-2/h15,17,30-32,36H,6-14,16,18-29H2,1-5H3,(H,37,40)/b17-15-/t30-,31-,32?/m0/s1. The normalized spacial score (nSPS) is 20.5. The monoisotopic (exact) mass is 591 g/mol. The summed E-state index contributed by atoms with van der Waals surface area (Å²) in [5.74, 6) is 0.568. The van der Waals surface area contributed by atoms with Crippen LogP contribution in [0, 0.1) is 11.8 Å². The molecule has 1 rings (SSSR count). The Labute approximate surface area is 259 Å². The third-order valence-electron chi connectivity index (χ3n) is 8.76. The van der Waals surface area contributed by atoms with Crippen molar-refractivity contribution in [3.63, 3.8) is 0 Å². The highest BCUT2D eigenvalue weighted by Gasteiger charge is 2.21. The minimum atomic E-state index is 0.0158. The molecule has 1 fully saturated rings. The zero-order chi connectivity index (χ0) is 31.0. The van der Waals surface area contributed by atoms with Gasteiger partial charge in [-0.1, -0.05) is 78.9 Å². The molecular formula is C35H66N4O3. The fraction of sp³-hybridized carbons (Fsp3) is 0.857. The van der Waals surface area contributed by atoms with Crippen LogP contribution >= 0.6 is 0 Å². The maximum atomic E-state index is 13.1. The quantitative estimate of drug-likeness (QED) is 0.181. The molecule has 1 aliphatic rings. The Morgan fingerprint density at radius 1 is 0.762 bits per heavy atom. The fourth-order valence-corrected chi connectivity index (χ4v) is 5.45. The largest absolute Gasteiger partial charge is 0.356 e. The van der Waals surface area contributed by atoms with E-state index in [1.807, 2.05) is 23.6 Å². The summed E-state index contributed by atoms with van der Waals surface area (Å²) in [7, 11) is 0. The molecule has 7 nitrogen and oxygen atoms in total. The van der Waals surface area contributed by atoms with Crippen molar-refractivity contribution in [2.75, 3.05) is 39.3 Å². The maximum Gasteiger partial charge on any atom is 0.225 e. The van der Waals surface area contributed by atoms with E-state index < -0.39 is 0 Å². The van der Waals surface area contributed by atoms with Crippen LogP contribution in [-0.2, 0) is 14.4 Å². The predicted molar refractivity (Wildman–Crippen MR) is 176 cm³/mol. The summed E-state index contributed by atoms with van der Waals surface area (Å²) in [5, 5.41) is 6.72. The van der Waals surface area contributed by atoms with Gasteiger partial charge in [-0.3, -0.25) is 14.4 Å². The third-order valence-corrected chi connectivity index (χ3v) is 8.76.